The van der Waals surface area contributed by atoms with Gasteiger partial charge in [-0.2, -0.15) is 0 Å². The molecule has 3 aromatic rings. The number of hydrogen-bond donors (Lipinski definition) is 1. The van der Waals surface area contributed by atoms with Crippen LogP contribution in [0.2, 0.25) is 0 Å². The molecule has 126 valence electrons. The first-order chi connectivity index (χ1) is 12.2. The van der Waals surface area contributed by atoms with E-state index < -0.39 is 0 Å². The molecule has 0 spiro atoms. The molecule has 1 aliphatic heterocycles. The minimum Gasteiger partial charge on any atom is -0.365 e. The second-order valence-corrected chi connectivity index (χ2v) is 5.86. The van der Waals surface area contributed by atoms with E-state index in [0.717, 1.165) is 11.3 Å². The molecule has 5 nitrogen and oxygen atoms in total. The highest BCUT2D eigenvalue weighted by Gasteiger charge is 2.26. The third-order valence-corrected chi connectivity index (χ3v) is 4.22. The molecule has 1 aromatic heterocycles. The fourth-order valence-corrected chi connectivity index (χ4v) is 2.91. The van der Waals surface area contributed by atoms with Gasteiger partial charge in [0.25, 0.3) is 5.91 Å². The summed E-state index contributed by atoms with van der Waals surface area (Å²) in [6.45, 7) is 0.919. The van der Waals surface area contributed by atoms with Crippen LogP contribution in [0.5, 0.6) is 0 Å². The van der Waals surface area contributed by atoms with Crippen molar-refractivity contribution in [3.8, 4) is 0 Å². The summed E-state index contributed by atoms with van der Waals surface area (Å²) in [6.07, 6.45) is 1.60. The van der Waals surface area contributed by atoms with Gasteiger partial charge >= 0.3 is 0 Å². The molecule has 2 aromatic carbocycles. The average Bonchev–Trinajstić information content (AvgIpc) is 3.07. The molecule has 0 bridgehead atoms. The maximum atomic E-state index is 13.0. The number of anilines is 1. The molecular weight excluding hydrogens is 321 g/mol. The van der Waals surface area contributed by atoms with Crippen molar-refractivity contribution in [3.05, 3.63) is 83.7 Å². The summed E-state index contributed by atoms with van der Waals surface area (Å²) < 4.78 is 20.8. The van der Waals surface area contributed by atoms with Crippen LogP contribution in [0.15, 0.2) is 60.9 Å². The van der Waals surface area contributed by atoms with Gasteiger partial charge in [-0.25, -0.2) is 9.37 Å². The molecule has 0 radical (unpaired) electrons. The number of benzene rings is 2. The smallest absolute Gasteiger partial charge is 0.276 e. The highest BCUT2D eigenvalue weighted by Crippen LogP contribution is 2.27. The largest absolute Gasteiger partial charge is 0.365 e. The molecule has 0 saturated heterocycles. The number of hydrogen-bond acceptors (Lipinski definition) is 3. The SMILES string of the molecule is O=C(Nc1ccc(F)cc1)c1ncn2c1COC(c1ccccc1)C2. The van der Waals surface area contributed by atoms with Gasteiger partial charge in [0.15, 0.2) is 5.69 Å². The van der Waals surface area contributed by atoms with Crippen LogP contribution >= 0.6 is 0 Å². The zero-order valence-electron chi connectivity index (χ0n) is 13.4. The molecule has 1 N–H and O–H groups in total. The Balaban J connectivity index is 1.51. The Kier molecular flexibility index (Phi) is 4.03. The summed E-state index contributed by atoms with van der Waals surface area (Å²) in [6, 6.07) is 15.6. The van der Waals surface area contributed by atoms with E-state index in [9.17, 15) is 9.18 Å². The lowest BCUT2D eigenvalue weighted by Crippen LogP contribution is -2.23. The summed E-state index contributed by atoms with van der Waals surface area (Å²) in [7, 11) is 0. The maximum absolute atomic E-state index is 13.0. The normalized spacial score (nSPS) is 16.3. The van der Waals surface area contributed by atoms with Crippen LogP contribution < -0.4 is 5.32 Å². The number of aromatic nitrogens is 2. The molecule has 1 atom stereocenters. The summed E-state index contributed by atoms with van der Waals surface area (Å²) in [5.74, 6) is -0.681. The van der Waals surface area contributed by atoms with Crippen LogP contribution in [0, 0.1) is 5.82 Å². The predicted molar refractivity (Wildman–Crippen MR) is 90.6 cm³/mol. The van der Waals surface area contributed by atoms with E-state index >= 15 is 0 Å². The van der Waals surface area contributed by atoms with Crippen LogP contribution in [0.4, 0.5) is 10.1 Å². The average molecular weight is 337 g/mol. The monoisotopic (exact) mass is 337 g/mol. The Morgan fingerprint density at radius 3 is 2.68 bits per heavy atom. The van der Waals surface area contributed by atoms with Gasteiger partial charge in [0.05, 0.1) is 25.2 Å². The van der Waals surface area contributed by atoms with Crippen LogP contribution in [0.3, 0.4) is 0 Å². The summed E-state index contributed by atoms with van der Waals surface area (Å²) in [5.41, 5.74) is 2.69. The van der Waals surface area contributed by atoms with Gasteiger partial charge in [0, 0.05) is 5.69 Å². The van der Waals surface area contributed by atoms with Crippen LogP contribution in [-0.4, -0.2) is 15.5 Å². The van der Waals surface area contributed by atoms with Crippen molar-refractivity contribution in [2.45, 2.75) is 19.3 Å². The zero-order chi connectivity index (χ0) is 17.2. The second-order valence-electron chi connectivity index (χ2n) is 5.86. The molecule has 1 amide bonds. The minimum atomic E-state index is -0.349. The van der Waals surface area contributed by atoms with Gasteiger partial charge in [0.2, 0.25) is 0 Å². The lowest BCUT2D eigenvalue weighted by molar-refractivity contribution is 0.00265. The van der Waals surface area contributed by atoms with Crippen LogP contribution in [0.25, 0.3) is 0 Å². The zero-order valence-corrected chi connectivity index (χ0v) is 13.4. The number of ether oxygens (including phenoxy) is 1. The molecule has 6 heteroatoms. The Bertz CT molecular complexity index is 891. The van der Waals surface area contributed by atoms with Gasteiger partial charge in [-0.1, -0.05) is 30.3 Å². The Morgan fingerprint density at radius 2 is 1.92 bits per heavy atom. The van der Waals surface area contributed by atoms with Gasteiger partial charge < -0.3 is 14.6 Å². The summed E-state index contributed by atoms with van der Waals surface area (Å²) >= 11 is 0. The van der Waals surface area contributed by atoms with Crippen molar-refractivity contribution in [3.63, 3.8) is 0 Å². The predicted octanol–water partition coefficient (Wildman–Crippen LogP) is 3.55. The number of fused-ring (bicyclic) bond motifs is 1. The minimum absolute atomic E-state index is 0.0593. The van der Waals surface area contributed by atoms with Crippen molar-refractivity contribution in [1.29, 1.82) is 0 Å². The molecule has 2 heterocycles. The van der Waals surface area contributed by atoms with E-state index in [1.54, 1.807) is 6.33 Å². The lowest BCUT2D eigenvalue weighted by atomic mass is 10.1. The first-order valence-corrected chi connectivity index (χ1v) is 7.98. The Morgan fingerprint density at radius 1 is 1.16 bits per heavy atom. The first-order valence-electron chi connectivity index (χ1n) is 7.98. The molecule has 0 aliphatic carbocycles. The Hall–Kier alpha value is -2.99. The number of nitrogens with zero attached hydrogens (tertiary/aromatic N) is 2. The van der Waals surface area contributed by atoms with E-state index in [-0.39, 0.29) is 17.8 Å². The molecular formula is C19H16FN3O2. The fraction of sp³-hybridized carbons (Fsp3) is 0.158. The molecule has 25 heavy (non-hydrogen) atoms. The second kappa shape index (κ2) is 6.49. The van der Waals surface area contributed by atoms with Gasteiger partial charge in [-0.3, -0.25) is 4.79 Å². The third-order valence-electron chi connectivity index (χ3n) is 4.22. The lowest BCUT2D eigenvalue weighted by Gasteiger charge is -2.25. The molecule has 1 unspecified atom stereocenters. The quantitative estimate of drug-likeness (QED) is 0.795. The van der Waals surface area contributed by atoms with Crippen molar-refractivity contribution in [2.24, 2.45) is 0 Å². The maximum Gasteiger partial charge on any atom is 0.276 e. The number of amides is 1. The number of carbonyl (C=O) groups is 1. The molecule has 1 aliphatic rings. The van der Waals surface area contributed by atoms with E-state index in [0.29, 0.717) is 24.5 Å². The van der Waals surface area contributed by atoms with Gasteiger partial charge in [0.1, 0.15) is 11.9 Å². The highest BCUT2D eigenvalue weighted by atomic mass is 19.1. The summed E-state index contributed by atoms with van der Waals surface area (Å²) in [5, 5.41) is 2.73. The van der Waals surface area contributed by atoms with E-state index in [1.165, 1.54) is 24.3 Å². The van der Waals surface area contributed by atoms with E-state index in [1.807, 2.05) is 34.9 Å². The van der Waals surface area contributed by atoms with Crippen LogP contribution in [-0.2, 0) is 17.9 Å². The third kappa shape index (κ3) is 3.16. The summed E-state index contributed by atoms with van der Waals surface area (Å²) in [4.78, 5) is 16.7. The topological polar surface area (TPSA) is 56.2 Å². The van der Waals surface area contributed by atoms with E-state index in [2.05, 4.69) is 10.3 Å². The van der Waals surface area contributed by atoms with E-state index in [4.69, 9.17) is 4.74 Å². The van der Waals surface area contributed by atoms with Crippen molar-refractivity contribution >= 4 is 11.6 Å². The number of carbonyl (C=O) groups excluding carboxylic acids is 1. The molecule has 0 fully saturated rings. The first kappa shape index (κ1) is 15.5. The van der Waals surface area contributed by atoms with Crippen molar-refractivity contribution in [1.82, 2.24) is 9.55 Å². The fourth-order valence-electron chi connectivity index (χ4n) is 2.91. The molecule has 4 rings (SSSR count). The number of nitrogens with one attached hydrogen (secondary N) is 1. The van der Waals surface area contributed by atoms with Gasteiger partial charge in [-0.15, -0.1) is 0 Å². The number of halogens is 1. The molecule has 0 saturated carbocycles. The highest BCUT2D eigenvalue weighted by molar-refractivity contribution is 6.03. The standard InChI is InChI=1S/C19H16FN3O2/c20-14-6-8-15(9-7-14)22-19(24)18-16-11-25-17(10-23(16)12-21-18)13-4-2-1-3-5-13/h1-9,12,17H,10-11H2,(H,22,24). The number of rotatable bonds is 3. The van der Waals surface area contributed by atoms with Crippen LogP contribution in [0.1, 0.15) is 27.8 Å². The Labute approximate surface area is 144 Å². The van der Waals surface area contributed by atoms with Gasteiger partial charge in [-0.05, 0) is 29.8 Å². The van der Waals surface area contributed by atoms with Crippen molar-refractivity contribution in [2.75, 3.05) is 5.32 Å². The number of imidazole rings is 1. The van der Waals surface area contributed by atoms with Crippen molar-refractivity contribution < 1.29 is 13.9 Å².